The number of nitrogens with one attached hydrogen (secondary N) is 1. The van der Waals surface area contributed by atoms with Crippen LogP contribution >= 0.6 is 0 Å². The normalized spacial score (nSPS) is 11.5. The molecule has 38 heavy (non-hydrogen) atoms. The van der Waals surface area contributed by atoms with E-state index >= 15 is 0 Å². The van der Waals surface area contributed by atoms with Crippen molar-refractivity contribution in [3.05, 3.63) is 96.1 Å². The van der Waals surface area contributed by atoms with Crippen LogP contribution in [0.25, 0.3) is 11.0 Å². The van der Waals surface area contributed by atoms with E-state index in [0.29, 0.717) is 12.3 Å². The van der Waals surface area contributed by atoms with Gasteiger partial charge < -0.3 is 18.7 Å². The summed E-state index contributed by atoms with van der Waals surface area (Å²) < 4.78 is 67.1. The molecule has 5 rings (SSSR count). The zero-order chi connectivity index (χ0) is 26.5. The van der Waals surface area contributed by atoms with E-state index in [9.17, 15) is 12.8 Å². The van der Waals surface area contributed by atoms with Crippen LogP contribution < -0.4 is 14.2 Å². The highest BCUT2D eigenvalue weighted by atomic mass is 32.2. The van der Waals surface area contributed by atoms with E-state index in [1.807, 2.05) is 36.5 Å². The van der Waals surface area contributed by atoms with E-state index in [1.165, 1.54) is 19.2 Å². The Hall–Kier alpha value is -4.42. The fraction of sp³-hybridized carbons (Fsp3) is 0.154. The molecule has 2 heterocycles. The van der Waals surface area contributed by atoms with Crippen LogP contribution in [0.1, 0.15) is 11.1 Å². The van der Waals surface area contributed by atoms with Crippen molar-refractivity contribution >= 4 is 26.8 Å². The topological polar surface area (TPSA) is 118 Å². The van der Waals surface area contributed by atoms with Gasteiger partial charge in [-0.1, -0.05) is 41.6 Å². The quantitative estimate of drug-likeness (QED) is 0.243. The molecule has 0 bridgehead atoms. The average molecular weight is 539 g/mol. The van der Waals surface area contributed by atoms with Crippen molar-refractivity contribution in [2.45, 2.75) is 18.0 Å². The SMILES string of the molecule is COCOc1cccc(F)c1S(=O)(=O)Nc1noc2cc(Cn3cccn3)cc(OCc3ccccc3)c12. The molecule has 0 saturated heterocycles. The molecule has 10 nitrogen and oxygen atoms in total. The first-order valence-electron chi connectivity index (χ1n) is 11.4. The number of aromatic nitrogens is 3. The van der Waals surface area contributed by atoms with Gasteiger partial charge >= 0.3 is 0 Å². The molecule has 0 amide bonds. The van der Waals surface area contributed by atoms with Gasteiger partial charge in [-0.25, -0.2) is 12.8 Å². The van der Waals surface area contributed by atoms with Gasteiger partial charge in [0.1, 0.15) is 29.3 Å². The van der Waals surface area contributed by atoms with Crippen LogP contribution in [0, 0.1) is 5.82 Å². The molecule has 0 aliphatic heterocycles. The fourth-order valence-corrected chi connectivity index (χ4v) is 5.06. The van der Waals surface area contributed by atoms with Crippen molar-refractivity contribution in [3.8, 4) is 11.5 Å². The van der Waals surface area contributed by atoms with E-state index in [4.69, 9.17) is 18.7 Å². The predicted molar refractivity (Wildman–Crippen MR) is 136 cm³/mol. The van der Waals surface area contributed by atoms with Crippen molar-refractivity contribution < 1.29 is 31.5 Å². The minimum absolute atomic E-state index is 0.158. The second kappa shape index (κ2) is 10.9. The van der Waals surface area contributed by atoms with Crippen LogP contribution in [0.4, 0.5) is 10.2 Å². The third kappa shape index (κ3) is 5.45. The number of sulfonamides is 1. The minimum Gasteiger partial charge on any atom is -0.488 e. The molecular weight excluding hydrogens is 515 g/mol. The number of hydrogen-bond acceptors (Lipinski definition) is 8. The summed E-state index contributed by atoms with van der Waals surface area (Å²) in [6.45, 7) is 0.359. The van der Waals surface area contributed by atoms with Gasteiger partial charge in [-0.2, -0.15) is 5.10 Å². The summed E-state index contributed by atoms with van der Waals surface area (Å²) in [5.74, 6) is -1.04. The predicted octanol–water partition coefficient (Wildman–Crippen LogP) is 4.57. The highest BCUT2D eigenvalue weighted by Crippen LogP contribution is 2.37. The molecule has 0 spiro atoms. The number of hydrogen-bond donors (Lipinski definition) is 1. The molecule has 5 aromatic rings. The minimum atomic E-state index is -4.50. The molecule has 2 aromatic heterocycles. The van der Waals surface area contributed by atoms with Crippen molar-refractivity contribution in [2.75, 3.05) is 18.6 Å². The molecule has 196 valence electrons. The average Bonchev–Trinajstić information content (AvgIpc) is 3.56. The molecule has 0 saturated carbocycles. The van der Waals surface area contributed by atoms with E-state index in [2.05, 4.69) is 15.0 Å². The molecule has 0 fully saturated rings. The molecule has 3 aromatic carbocycles. The van der Waals surface area contributed by atoms with Crippen molar-refractivity contribution in [3.63, 3.8) is 0 Å². The third-order valence-corrected chi connectivity index (χ3v) is 6.90. The standard InChI is InChI=1S/C26H23FN4O6S/c1-34-17-36-21-10-5-9-20(27)25(21)38(32,33)30-26-24-22(35-16-18-7-3-2-4-8-18)13-19(14-23(24)37-29-26)15-31-12-6-11-28-31/h2-14H,15-17H2,1H3,(H,29,30). The lowest BCUT2D eigenvalue weighted by molar-refractivity contribution is 0.0486. The smallest absolute Gasteiger partial charge is 0.269 e. The Morgan fingerprint density at radius 3 is 2.61 bits per heavy atom. The first-order valence-corrected chi connectivity index (χ1v) is 12.9. The number of benzene rings is 3. The Labute approximate surface area is 217 Å². The molecule has 0 radical (unpaired) electrons. The van der Waals surface area contributed by atoms with Crippen LogP contribution in [0.5, 0.6) is 11.5 Å². The second-order valence-corrected chi connectivity index (χ2v) is 9.82. The first-order chi connectivity index (χ1) is 18.4. The van der Waals surface area contributed by atoms with Gasteiger partial charge in [0.05, 0.1) is 6.54 Å². The maximum Gasteiger partial charge on any atom is 0.269 e. The molecule has 0 aliphatic carbocycles. The zero-order valence-corrected chi connectivity index (χ0v) is 21.0. The van der Waals surface area contributed by atoms with Crippen molar-refractivity contribution in [2.24, 2.45) is 0 Å². The fourth-order valence-electron chi connectivity index (χ4n) is 3.85. The maximum atomic E-state index is 14.7. The highest BCUT2D eigenvalue weighted by Gasteiger charge is 2.28. The van der Waals surface area contributed by atoms with Gasteiger partial charge in [0.2, 0.25) is 0 Å². The summed E-state index contributed by atoms with van der Waals surface area (Å²) in [4.78, 5) is -0.685. The van der Waals surface area contributed by atoms with Gasteiger partial charge in [0, 0.05) is 19.5 Å². The Morgan fingerprint density at radius 1 is 1.00 bits per heavy atom. The number of rotatable bonds is 11. The van der Waals surface area contributed by atoms with Crippen LogP contribution in [-0.4, -0.2) is 37.3 Å². The summed E-state index contributed by atoms with van der Waals surface area (Å²) in [6.07, 6.45) is 3.48. The van der Waals surface area contributed by atoms with E-state index in [-0.39, 0.29) is 35.9 Å². The van der Waals surface area contributed by atoms with Gasteiger partial charge in [0.25, 0.3) is 10.0 Å². The van der Waals surface area contributed by atoms with Gasteiger partial charge in [-0.15, -0.1) is 0 Å². The summed E-state index contributed by atoms with van der Waals surface area (Å²) in [7, 11) is -3.13. The molecule has 0 atom stereocenters. The van der Waals surface area contributed by atoms with Crippen LogP contribution in [0.2, 0.25) is 0 Å². The summed E-state index contributed by atoms with van der Waals surface area (Å²) in [6, 6.07) is 18.4. The monoisotopic (exact) mass is 538 g/mol. The largest absolute Gasteiger partial charge is 0.488 e. The van der Waals surface area contributed by atoms with E-state index < -0.39 is 20.7 Å². The van der Waals surface area contributed by atoms with Crippen LogP contribution in [-0.2, 0) is 27.9 Å². The van der Waals surface area contributed by atoms with Crippen molar-refractivity contribution in [1.82, 2.24) is 14.9 Å². The lowest BCUT2D eigenvalue weighted by atomic mass is 10.1. The number of fused-ring (bicyclic) bond motifs is 1. The Morgan fingerprint density at radius 2 is 1.84 bits per heavy atom. The molecular formula is C26H23FN4O6S. The number of methoxy groups -OCH3 is 1. The van der Waals surface area contributed by atoms with E-state index in [0.717, 1.165) is 17.2 Å². The molecule has 1 N–H and O–H groups in total. The number of ether oxygens (including phenoxy) is 3. The summed E-state index contributed by atoms with van der Waals surface area (Å²) in [5.41, 5.74) is 1.97. The molecule has 12 heteroatoms. The lowest BCUT2D eigenvalue weighted by Gasteiger charge is -2.13. The zero-order valence-electron chi connectivity index (χ0n) is 20.2. The van der Waals surface area contributed by atoms with Crippen LogP contribution in [0.15, 0.2) is 88.5 Å². The number of nitrogens with zero attached hydrogens (tertiary/aromatic N) is 3. The Balaban J connectivity index is 1.53. The van der Waals surface area contributed by atoms with E-state index in [1.54, 1.807) is 29.1 Å². The molecule has 0 aliphatic rings. The third-order valence-electron chi connectivity index (χ3n) is 5.50. The second-order valence-electron chi connectivity index (χ2n) is 8.20. The highest BCUT2D eigenvalue weighted by molar-refractivity contribution is 7.92. The number of halogens is 1. The molecule has 0 unspecified atom stereocenters. The van der Waals surface area contributed by atoms with Gasteiger partial charge in [0.15, 0.2) is 23.1 Å². The Kier molecular flexibility index (Phi) is 7.24. The van der Waals surface area contributed by atoms with Crippen molar-refractivity contribution in [1.29, 1.82) is 0 Å². The summed E-state index contributed by atoms with van der Waals surface area (Å²) in [5, 5.41) is 8.43. The van der Waals surface area contributed by atoms with Crippen LogP contribution in [0.3, 0.4) is 0 Å². The summed E-state index contributed by atoms with van der Waals surface area (Å²) >= 11 is 0. The maximum absolute atomic E-state index is 14.7. The van der Waals surface area contributed by atoms with Gasteiger partial charge in [-0.05, 0) is 41.5 Å². The lowest BCUT2D eigenvalue weighted by Crippen LogP contribution is -2.17. The first kappa shape index (κ1) is 25.2. The number of anilines is 1. The Bertz CT molecular complexity index is 1640. The van der Waals surface area contributed by atoms with Gasteiger partial charge in [-0.3, -0.25) is 9.40 Å².